The third-order valence-electron chi connectivity index (χ3n) is 3.86. The highest BCUT2D eigenvalue weighted by Crippen LogP contribution is 2.40. The van der Waals surface area contributed by atoms with E-state index < -0.39 is 54.2 Å². The molecular formula is C19H16F5NO4. The van der Waals surface area contributed by atoms with Crippen molar-refractivity contribution in [2.45, 2.75) is 25.2 Å². The number of rotatable bonds is 6. The number of esters is 1. The first-order valence-electron chi connectivity index (χ1n) is 8.29. The van der Waals surface area contributed by atoms with Gasteiger partial charge in [0.2, 0.25) is 0 Å². The molecule has 0 aliphatic heterocycles. The summed E-state index contributed by atoms with van der Waals surface area (Å²) in [5, 5.41) is 1.52. The number of halogens is 5. The third-order valence-corrected chi connectivity index (χ3v) is 3.86. The average Bonchev–Trinajstić information content (AvgIpc) is 2.65. The van der Waals surface area contributed by atoms with Gasteiger partial charge in [0, 0.05) is 0 Å². The molecular weight excluding hydrogens is 401 g/mol. The van der Waals surface area contributed by atoms with Crippen LogP contribution in [0.4, 0.5) is 26.7 Å². The highest BCUT2D eigenvalue weighted by molar-refractivity contribution is 5.88. The molecule has 1 atom stereocenters. The second-order valence-corrected chi connectivity index (χ2v) is 5.80. The topological polar surface area (TPSA) is 64.6 Å². The van der Waals surface area contributed by atoms with Crippen LogP contribution in [0.2, 0.25) is 0 Å². The number of amides is 1. The largest absolute Gasteiger partial charge is 0.464 e. The summed E-state index contributed by atoms with van der Waals surface area (Å²) < 4.78 is 77.3. The first-order chi connectivity index (χ1) is 13.6. The number of carbonyl (C=O) groups is 2. The molecule has 5 nitrogen and oxygen atoms in total. The maximum Gasteiger partial charge on any atom is 0.426 e. The van der Waals surface area contributed by atoms with Gasteiger partial charge in [-0.2, -0.15) is 13.2 Å². The van der Waals surface area contributed by atoms with Gasteiger partial charge in [-0.3, -0.25) is 5.32 Å². The number of ether oxygens (including phenoxy) is 2. The number of hydrogen-bond donors (Lipinski definition) is 1. The number of alkyl carbamates (subject to hydrolysis) is 1. The van der Waals surface area contributed by atoms with Gasteiger partial charge in [-0.25, -0.2) is 18.4 Å². The quantitative estimate of drug-likeness (QED) is 0.565. The standard InChI is InChI=1S/C19H16F5NO4/c1-2-28-16(26)18(19(22,23)24,13-5-9-15(21)10-6-13)25-17(27)29-11-12-3-7-14(20)8-4-12/h3-10H,2,11H2,1H3,(H,25,27)/t18-/m0/s1. The Morgan fingerprint density at radius 3 is 1.90 bits per heavy atom. The lowest BCUT2D eigenvalue weighted by atomic mass is 9.89. The third kappa shape index (κ3) is 5.01. The summed E-state index contributed by atoms with van der Waals surface area (Å²) in [5.74, 6) is -3.20. The molecule has 29 heavy (non-hydrogen) atoms. The normalized spacial score (nSPS) is 13.3. The van der Waals surface area contributed by atoms with Gasteiger partial charge < -0.3 is 9.47 Å². The molecule has 2 rings (SSSR count). The molecule has 2 aromatic rings. The Balaban J connectivity index is 2.35. The Kier molecular flexibility index (Phi) is 6.78. The van der Waals surface area contributed by atoms with Gasteiger partial charge >= 0.3 is 18.2 Å². The molecule has 0 saturated carbocycles. The SMILES string of the molecule is CCOC(=O)[C@@](NC(=O)OCc1ccc(F)cc1)(c1ccc(F)cc1)C(F)(F)F. The molecule has 1 amide bonds. The lowest BCUT2D eigenvalue weighted by molar-refractivity contribution is -0.215. The van der Waals surface area contributed by atoms with Gasteiger partial charge in [-0.1, -0.05) is 24.3 Å². The lowest BCUT2D eigenvalue weighted by Gasteiger charge is -2.34. The Hall–Kier alpha value is -3.17. The van der Waals surface area contributed by atoms with E-state index in [0.717, 1.165) is 12.1 Å². The van der Waals surface area contributed by atoms with Crippen LogP contribution in [0, 0.1) is 11.6 Å². The van der Waals surface area contributed by atoms with Crippen LogP contribution in [-0.2, 0) is 26.4 Å². The molecule has 0 saturated heterocycles. The molecule has 0 aromatic heterocycles. The van der Waals surface area contributed by atoms with Crippen molar-refractivity contribution in [1.29, 1.82) is 0 Å². The number of nitrogens with one attached hydrogen (secondary N) is 1. The zero-order valence-electron chi connectivity index (χ0n) is 15.1. The summed E-state index contributed by atoms with van der Waals surface area (Å²) in [5.41, 5.74) is -4.07. The Labute approximate surface area is 162 Å². The summed E-state index contributed by atoms with van der Waals surface area (Å²) in [6.07, 6.45) is -6.92. The monoisotopic (exact) mass is 417 g/mol. The zero-order valence-corrected chi connectivity index (χ0v) is 15.1. The van der Waals surface area contributed by atoms with Gasteiger partial charge in [-0.05, 0) is 42.3 Å². The minimum Gasteiger partial charge on any atom is -0.464 e. The molecule has 0 fully saturated rings. The summed E-state index contributed by atoms with van der Waals surface area (Å²) in [6, 6.07) is 7.53. The van der Waals surface area contributed by atoms with Gasteiger partial charge in [0.1, 0.15) is 18.2 Å². The molecule has 0 spiro atoms. The van der Waals surface area contributed by atoms with Gasteiger partial charge in [0.05, 0.1) is 6.61 Å². The lowest BCUT2D eigenvalue weighted by Crippen LogP contribution is -2.62. The fourth-order valence-corrected chi connectivity index (χ4v) is 2.45. The number of hydrogen-bond acceptors (Lipinski definition) is 4. The van der Waals surface area contributed by atoms with Crippen molar-refractivity contribution in [2.24, 2.45) is 0 Å². The summed E-state index contributed by atoms with van der Waals surface area (Å²) in [4.78, 5) is 24.4. The fraction of sp³-hybridized carbons (Fsp3) is 0.263. The van der Waals surface area contributed by atoms with Gasteiger partial charge in [0.25, 0.3) is 5.54 Å². The van der Waals surface area contributed by atoms with Crippen molar-refractivity contribution >= 4 is 12.1 Å². The first-order valence-corrected chi connectivity index (χ1v) is 8.29. The molecule has 156 valence electrons. The van der Waals surface area contributed by atoms with Crippen molar-refractivity contribution in [2.75, 3.05) is 6.61 Å². The molecule has 2 aromatic carbocycles. The van der Waals surface area contributed by atoms with Crippen molar-refractivity contribution in [3.63, 3.8) is 0 Å². The van der Waals surface area contributed by atoms with E-state index in [9.17, 15) is 31.5 Å². The summed E-state index contributed by atoms with van der Waals surface area (Å²) >= 11 is 0. The van der Waals surface area contributed by atoms with E-state index in [1.165, 1.54) is 24.4 Å². The number of carbonyl (C=O) groups excluding carboxylic acids is 2. The summed E-state index contributed by atoms with van der Waals surface area (Å²) in [7, 11) is 0. The predicted molar refractivity (Wildman–Crippen MR) is 90.5 cm³/mol. The molecule has 0 radical (unpaired) electrons. The number of alkyl halides is 3. The highest BCUT2D eigenvalue weighted by atomic mass is 19.4. The molecule has 0 aliphatic rings. The second-order valence-electron chi connectivity index (χ2n) is 5.80. The maximum atomic E-state index is 14.0. The minimum atomic E-state index is -5.34. The highest BCUT2D eigenvalue weighted by Gasteiger charge is 2.64. The number of benzene rings is 2. The van der Waals surface area contributed by atoms with E-state index in [1.807, 2.05) is 0 Å². The Morgan fingerprint density at radius 1 is 0.897 bits per heavy atom. The Bertz CT molecular complexity index is 852. The zero-order chi connectivity index (χ0) is 21.7. The predicted octanol–water partition coefficient (Wildman–Crippen LogP) is 4.21. The van der Waals surface area contributed by atoms with Crippen LogP contribution in [-0.4, -0.2) is 24.8 Å². The van der Waals surface area contributed by atoms with Crippen LogP contribution in [0.15, 0.2) is 48.5 Å². The smallest absolute Gasteiger partial charge is 0.426 e. The van der Waals surface area contributed by atoms with Crippen LogP contribution in [0.5, 0.6) is 0 Å². The molecule has 0 heterocycles. The molecule has 0 unspecified atom stereocenters. The van der Waals surface area contributed by atoms with Crippen LogP contribution in [0.1, 0.15) is 18.1 Å². The second kappa shape index (κ2) is 8.89. The van der Waals surface area contributed by atoms with E-state index in [4.69, 9.17) is 4.74 Å². The van der Waals surface area contributed by atoms with Gasteiger partial charge in [0.15, 0.2) is 0 Å². The molecule has 0 aliphatic carbocycles. The van der Waals surface area contributed by atoms with E-state index in [2.05, 4.69) is 4.74 Å². The van der Waals surface area contributed by atoms with Crippen LogP contribution in [0.3, 0.4) is 0 Å². The molecule has 1 N–H and O–H groups in total. The van der Waals surface area contributed by atoms with Crippen molar-refractivity contribution < 1.29 is 41.0 Å². The molecule has 10 heteroatoms. The fourth-order valence-electron chi connectivity index (χ4n) is 2.45. The molecule has 0 bridgehead atoms. The van der Waals surface area contributed by atoms with Gasteiger partial charge in [-0.15, -0.1) is 0 Å². The van der Waals surface area contributed by atoms with E-state index in [0.29, 0.717) is 29.8 Å². The van der Waals surface area contributed by atoms with Crippen LogP contribution in [0.25, 0.3) is 0 Å². The maximum absolute atomic E-state index is 14.0. The average molecular weight is 417 g/mol. The van der Waals surface area contributed by atoms with Crippen LogP contribution < -0.4 is 5.32 Å². The van der Waals surface area contributed by atoms with Crippen molar-refractivity contribution in [1.82, 2.24) is 5.32 Å². The van der Waals surface area contributed by atoms with E-state index in [1.54, 1.807) is 0 Å². The summed E-state index contributed by atoms with van der Waals surface area (Å²) in [6.45, 7) is 0.410. The van der Waals surface area contributed by atoms with Crippen molar-refractivity contribution in [3.05, 3.63) is 71.3 Å². The Morgan fingerprint density at radius 2 is 1.41 bits per heavy atom. The van der Waals surface area contributed by atoms with Crippen LogP contribution >= 0.6 is 0 Å². The minimum absolute atomic E-state index is 0.303. The first kappa shape index (κ1) is 22.1. The van der Waals surface area contributed by atoms with E-state index in [-0.39, 0.29) is 0 Å². The van der Waals surface area contributed by atoms with Crippen molar-refractivity contribution in [3.8, 4) is 0 Å². The van der Waals surface area contributed by atoms with E-state index >= 15 is 0 Å².